The van der Waals surface area contributed by atoms with E-state index in [1.165, 1.54) is 0 Å². The minimum absolute atomic E-state index is 0.199. The number of nitrogens with zero attached hydrogens (tertiary/aromatic N) is 1. The van der Waals surface area contributed by atoms with Crippen molar-refractivity contribution in [2.24, 2.45) is 4.99 Å². The molecule has 0 fully saturated rings. The van der Waals surface area contributed by atoms with Crippen molar-refractivity contribution < 1.29 is 19.1 Å². The van der Waals surface area contributed by atoms with Gasteiger partial charge in [0.2, 0.25) is 5.90 Å². The second-order valence-corrected chi connectivity index (χ2v) is 7.50. The summed E-state index contributed by atoms with van der Waals surface area (Å²) >= 11 is 3.43. The van der Waals surface area contributed by atoms with Crippen molar-refractivity contribution in [3.63, 3.8) is 0 Å². The van der Waals surface area contributed by atoms with Gasteiger partial charge >= 0.3 is 11.9 Å². The van der Waals surface area contributed by atoms with Gasteiger partial charge in [-0.15, -0.1) is 0 Å². The molecule has 6 heteroatoms. The van der Waals surface area contributed by atoms with Crippen LogP contribution in [0.25, 0.3) is 6.08 Å². The van der Waals surface area contributed by atoms with Gasteiger partial charge in [-0.25, -0.2) is 14.6 Å². The summed E-state index contributed by atoms with van der Waals surface area (Å²) < 4.78 is 11.5. The van der Waals surface area contributed by atoms with Crippen LogP contribution >= 0.6 is 15.9 Å². The largest absolute Gasteiger partial charge is 0.423 e. The van der Waals surface area contributed by atoms with Gasteiger partial charge in [-0.05, 0) is 70.9 Å². The molecule has 0 saturated heterocycles. The van der Waals surface area contributed by atoms with Gasteiger partial charge in [-0.1, -0.05) is 42.0 Å². The summed E-state index contributed by atoms with van der Waals surface area (Å²) in [5.41, 5.74) is 3.11. The van der Waals surface area contributed by atoms with Crippen LogP contribution in [0.4, 0.5) is 0 Å². The highest BCUT2D eigenvalue weighted by atomic mass is 79.9. The minimum Gasteiger partial charge on any atom is -0.423 e. The predicted molar refractivity (Wildman–Crippen MR) is 117 cm³/mol. The molecule has 3 aromatic carbocycles. The number of ether oxygens (including phenoxy) is 2. The summed E-state index contributed by atoms with van der Waals surface area (Å²) in [6.07, 6.45) is 1.62. The maximum Gasteiger partial charge on any atom is 0.363 e. The van der Waals surface area contributed by atoms with Gasteiger partial charge in [0.15, 0.2) is 5.70 Å². The number of hydrogen-bond donors (Lipinski definition) is 0. The molecule has 0 amide bonds. The van der Waals surface area contributed by atoms with E-state index in [0.29, 0.717) is 16.9 Å². The lowest BCUT2D eigenvalue weighted by Gasteiger charge is -2.05. The van der Waals surface area contributed by atoms with E-state index in [2.05, 4.69) is 20.9 Å². The Morgan fingerprint density at radius 1 is 1.03 bits per heavy atom. The van der Waals surface area contributed by atoms with Gasteiger partial charge < -0.3 is 9.47 Å². The molecule has 1 aliphatic heterocycles. The topological polar surface area (TPSA) is 65.0 Å². The van der Waals surface area contributed by atoms with E-state index in [-0.39, 0.29) is 11.6 Å². The molecule has 0 atom stereocenters. The van der Waals surface area contributed by atoms with Crippen LogP contribution in [0.1, 0.15) is 27.0 Å². The van der Waals surface area contributed by atoms with Gasteiger partial charge in [-0.3, -0.25) is 0 Å². The molecule has 0 saturated carbocycles. The Bertz CT molecular complexity index is 1200. The van der Waals surface area contributed by atoms with Crippen molar-refractivity contribution in [1.29, 1.82) is 0 Å². The second kappa shape index (κ2) is 8.47. The van der Waals surface area contributed by atoms with Crippen molar-refractivity contribution >= 4 is 39.8 Å². The molecule has 0 aromatic heterocycles. The van der Waals surface area contributed by atoms with E-state index < -0.39 is 11.9 Å². The number of aliphatic imine (C=N–C) groups is 1. The standard InChI is InChI=1S/C24H16BrNO4/c1-15-5-4-6-17(13-15)23(27)29-18-11-9-16(10-12-18)14-21-24(28)30-22(26-21)19-7-2-3-8-20(19)25/h2-14H,1H3/b21-14-. The number of cyclic esters (lactones) is 1. The molecule has 0 N–H and O–H groups in total. The van der Waals surface area contributed by atoms with Crippen molar-refractivity contribution in [1.82, 2.24) is 0 Å². The fourth-order valence-corrected chi connectivity index (χ4v) is 3.34. The number of halogens is 1. The Morgan fingerprint density at radius 2 is 1.80 bits per heavy atom. The lowest BCUT2D eigenvalue weighted by molar-refractivity contribution is -0.129. The van der Waals surface area contributed by atoms with E-state index in [4.69, 9.17) is 9.47 Å². The van der Waals surface area contributed by atoms with Crippen molar-refractivity contribution in [2.75, 3.05) is 0 Å². The van der Waals surface area contributed by atoms with Crippen LogP contribution in [-0.4, -0.2) is 17.8 Å². The molecule has 3 aromatic rings. The van der Waals surface area contributed by atoms with Gasteiger partial charge in [0.1, 0.15) is 5.75 Å². The van der Waals surface area contributed by atoms with E-state index >= 15 is 0 Å². The average Bonchev–Trinajstić information content (AvgIpc) is 3.10. The highest BCUT2D eigenvalue weighted by molar-refractivity contribution is 9.10. The highest BCUT2D eigenvalue weighted by Crippen LogP contribution is 2.24. The first-order valence-electron chi connectivity index (χ1n) is 9.16. The molecule has 1 heterocycles. The Kier molecular flexibility index (Phi) is 5.59. The van der Waals surface area contributed by atoms with Crippen LogP contribution < -0.4 is 4.74 Å². The zero-order chi connectivity index (χ0) is 21.1. The zero-order valence-corrected chi connectivity index (χ0v) is 17.5. The zero-order valence-electron chi connectivity index (χ0n) is 16.0. The van der Waals surface area contributed by atoms with E-state index in [1.54, 1.807) is 42.5 Å². The third kappa shape index (κ3) is 4.39. The normalized spacial score (nSPS) is 14.4. The van der Waals surface area contributed by atoms with Gasteiger partial charge in [0.05, 0.1) is 11.1 Å². The summed E-state index contributed by atoms with van der Waals surface area (Å²) in [5, 5.41) is 0. The van der Waals surface area contributed by atoms with Crippen molar-refractivity contribution in [3.8, 4) is 5.75 Å². The molecule has 0 aliphatic carbocycles. The maximum atomic E-state index is 12.3. The molecule has 0 radical (unpaired) electrons. The van der Waals surface area contributed by atoms with E-state index in [9.17, 15) is 9.59 Å². The average molecular weight is 462 g/mol. The van der Waals surface area contributed by atoms with Gasteiger partial charge in [0, 0.05) is 4.47 Å². The Hall–Kier alpha value is -3.51. The highest BCUT2D eigenvalue weighted by Gasteiger charge is 2.25. The number of aryl methyl sites for hydroxylation is 1. The monoisotopic (exact) mass is 461 g/mol. The summed E-state index contributed by atoms with van der Waals surface area (Å²) in [6.45, 7) is 1.91. The predicted octanol–water partition coefficient (Wildman–Crippen LogP) is 5.32. The molecule has 0 bridgehead atoms. The molecule has 5 nitrogen and oxygen atoms in total. The third-order valence-corrected chi connectivity index (χ3v) is 5.06. The van der Waals surface area contributed by atoms with Crippen LogP contribution in [0.15, 0.2) is 88.0 Å². The van der Waals surface area contributed by atoms with E-state index in [1.807, 2.05) is 43.3 Å². The first kappa shape index (κ1) is 19.8. The van der Waals surface area contributed by atoms with Gasteiger partial charge in [-0.2, -0.15) is 0 Å². The molecular weight excluding hydrogens is 446 g/mol. The van der Waals surface area contributed by atoms with Crippen molar-refractivity contribution in [2.45, 2.75) is 6.92 Å². The molecule has 1 aliphatic rings. The lowest BCUT2D eigenvalue weighted by atomic mass is 10.1. The number of hydrogen-bond acceptors (Lipinski definition) is 5. The van der Waals surface area contributed by atoms with Crippen LogP contribution in [-0.2, 0) is 9.53 Å². The molecule has 30 heavy (non-hydrogen) atoms. The molecule has 0 spiro atoms. The molecular formula is C24H16BrNO4. The smallest absolute Gasteiger partial charge is 0.363 e. The summed E-state index contributed by atoms with van der Waals surface area (Å²) in [4.78, 5) is 28.7. The Labute approximate surface area is 181 Å². The van der Waals surface area contributed by atoms with Crippen molar-refractivity contribution in [3.05, 3.63) is 105 Å². The van der Waals surface area contributed by atoms with Crippen LogP contribution in [0, 0.1) is 6.92 Å². The molecule has 4 rings (SSSR count). The second-order valence-electron chi connectivity index (χ2n) is 6.64. The first-order chi connectivity index (χ1) is 14.5. The summed E-state index contributed by atoms with van der Waals surface area (Å²) in [6, 6.07) is 21.4. The van der Waals surface area contributed by atoms with Crippen LogP contribution in [0.2, 0.25) is 0 Å². The number of esters is 2. The number of benzene rings is 3. The fraction of sp³-hybridized carbons (Fsp3) is 0.0417. The van der Waals surface area contributed by atoms with Gasteiger partial charge in [0.25, 0.3) is 0 Å². The maximum absolute atomic E-state index is 12.3. The lowest BCUT2D eigenvalue weighted by Crippen LogP contribution is -2.08. The third-order valence-electron chi connectivity index (χ3n) is 4.37. The number of rotatable bonds is 4. The minimum atomic E-state index is -0.518. The fourth-order valence-electron chi connectivity index (χ4n) is 2.89. The van der Waals surface area contributed by atoms with Crippen LogP contribution in [0.3, 0.4) is 0 Å². The molecule has 0 unspecified atom stereocenters. The summed E-state index contributed by atoms with van der Waals surface area (Å²) in [5.74, 6) is -0.278. The first-order valence-corrected chi connectivity index (χ1v) is 9.95. The summed E-state index contributed by atoms with van der Waals surface area (Å²) in [7, 11) is 0. The SMILES string of the molecule is Cc1cccc(C(=O)Oc2ccc(/C=C3\N=C(c4ccccc4Br)OC3=O)cc2)c1. The Morgan fingerprint density at radius 3 is 2.53 bits per heavy atom. The number of carbonyl (C=O) groups excluding carboxylic acids is 2. The Balaban J connectivity index is 1.50. The van der Waals surface area contributed by atoms with E-state index in [0.717, 1.165) is 15.6 Å². The molecule has 148 valence electrons. The van der Waals surface area contributed by atoms with Crippen LogP contribution in [0.5, 0.6) is 5.75 Å². The number of carbonyl (C=O) groups is 2. The quantitative estimate of drug-likeness (QED) is 0.299.